The van der Waals surface area contributed by atoms with E-state index in [-0.39, 0.29) is 18.8 Å². The van der Waals surface area contributed by atoms with E-state index in [0.29, 0.717) is 0 Å². The van der Waals surface area contributed by atoms with Crippen molar-refractivity contribution in [3.8, 4) is 0 Å². The fraction of sp³-hybridized carbons (Fsp3) is 0.875. The molecule has 1 saturated carbocycles. The molecule has 5 nitrogen and oxygen atoms in total. The topological polar surface area (TPSA) is 98.0 Å². The Morgan fingerprint density at radius 2 is 1.69 bits per heavy atom. The number of carboxylic acids is 1. The third-order valence-corrected chi connectivity index (χ3v) is 2.71. The highest BCUT2D eigenvalue weighted by molar-refractivity contribution is 5.77. The van der Waals surface area contributed by atoms with Gasteiger partial charge < -0.3 is 20.4 Å². The fourth-order valence-electron chi connectivity index (χ4n) is 1.58. The standard InChI is InChI=1S/C8H14O5/c1-4-5(9)2-8(13,7(11)12)3-6(4)10/h4-6,9-10,13H,2-3H2,1H3,(H,11,12)/t4?,5-,6-,8?/m1/s1. The third kappa shape index (κ3) is 1.82. The molecule has 1 rings (SSSR count). The van der Waals surface area contributed by atoms with Gasteiger partial charge in [0.15, 0.2) is 5.60 Å². The minimum atomic E-state index is -1.98. The summed E-state index contributed by atoms with van der Waals surface area (Å²) in [5.41, 5.74) is -1.98. The molecule has 1 aliphatic carbocycles. The van der Waals surface area contributed by atoms with Gasteiger partial charge in [0.1, 0.15) is 0 Å². The molecule has 0 aromatic heterocycles. The third-order valence-electron chi connectivity index (χ3n) is 2.71. The second kappa shape index (κ2) is 3.25. The summed E-state index contributed by atoms with van der Waals surface area (Å²) < 4.78 is 0. The lowest BCUT2D eigenvalue weighted by Crippen LogP contribution is -2.52. The van der Waals surface area contributed by atoms with E-state index in [9.17, 15) is 20.1 Å². The fourth-order valence-corrected chi connectivity index (χ4v) is 1.58. The summed E-state index contributed by atoms with van der Waals surface area (Å²) in [4.78, 5) is 10.6. The molecule has 2 atom stereocenters. The zero-order valence-corrected chi connectivity index (χ0v) is 7.34. The minimum Gasteiger partial charge on any atom is -0.479 e. The maximum absolute atomic E-state index is 10.6. The Labute approximate surface area is 75.6 Å². The van der Waals surface area contributed by atoms with Gasteiger partial charge in [0.05, 0.1) is 12.2 Å². The van der Waals surface area contributed by atoms with Crippen molar-refractivity contribution in [2.24, 2.45) is 5.92 Å². The van der Waals surface area contributed by atoms with E-state index in [4.69, 9.17) is 5.11 Å². The van der Waals surface area contributed by atoms with Gasteiger partial charge in [0.2, 0.25) is 0 Å². The SMILES string of the molecule is CC1[C@H](O)CC(O)(C(=O)O)C[C@H]1O. The number of hydrogen-bond acceptors (Lipinski definition) is 4. The summed E-state index contributed by atoms with van der Waals surface area (Å²) in [6, 6.07) is 0. The molecule has 5 heteroatoms. The summed E-state index contributed by atoms with van der Waals surface area (Å²) >= 11 is 0. The second-order valence-corrected chi connectivity index (χ2v) is 3.74. The molecule has 13 heavy (non-hydrogen) atoms. The molecule has 0 unspecified atom stereocenters. The normalized spacial score (nSPS) is 46.0. The van der Waals surface area contributed by atoms with E-state index in [0.717, 1.165) is 0 Å². The lowest BCUT2D eigenvalue weighted by atomic mass is 9.76. The monoisotopic (exact) mass is 190 g/mol. The molecule has 0 bridgehead atoms. The van der Waals surface area contributed by atoms with E-state index in [2.05, 4.69) is 0 Å². The van der Waals surface area contributed by atoms with Crippen LogP contribution < -0.4 is 0 Å². The van der Waals surface area contributed by atoms with Crippen LogP contribution in [0.4, 0.5) is 0 Å². The number of aliphatic carboxylic acids is 1. The molecule has 0 spiro atoms. The van der Waals surface area contributed by atoms with Crippen molar-refractivity contribution < 1.29 is 25.2 Å². The van der Waals surface area contributed by atoms with Gasteiger partial charge in [-0.15, -0.1) is 0 Å². The Balaban J connectivity index is 2.79. The zero-order valence-electron chi connectivity index (χ0n) is 7.34. The van der Waals surface area contributed by atoms with Crippen LogP contribution >= 0.6 is 0 Å². The Morgan fingerprint density at radius 3 is 2.00 bits per heavy atom. The van der Waals surface area contributed by atoms with E-state index >= 15 is 0 Å². The molecule has 4 N–H and O–H groups in total. The van der Waals surface area contributed by atoms with E-state index < -0.39 is 23.8 Å². The molecule has 1 aliphatic rings. The Morgan fingerprint density at radius 1 is 1.31 bits per heavy atom. The molecule has 0 heterocycles. The number of carbonyl (C=O) groups is 1. The maximum Gasteiger partial charge on any atom is 0.335 e. The Kier molecular flexibility index (Phi) is 2.61. The number of aliphatic hydroxyl groups excluding tert-OH is 2. The first-order valence-electron chi connectivity index (χ1n) is 4.19. The molecule has 0 saturated heterocycles. The summed E-state index contributed by atoms with van der Waals surface area (Å²) in [7, 11) is 0. The van der Waals surface area contributed by atoms with Gasteiger partial charge >= 0.3 is 5.97 Å². The van der Waals surface area contributed by atoms with Crippen LogP contribution in [0.15, 0.2) is 0 Å². The first-order chi connectivity index (χ1) is 5.87. The first-order valence-corrected chi connectivity index (χ1v) is 4.19. The maximum atomic E-state index is 10.6. The summed E-state index contributed by atoms with van der Waals surface area (Å²) in [5.74, 6) is -1.78. The van der Waals surface area contributed by atoms with Crippen molar-refractivity contribution in [2.45, 2.75) is 37.6 Å². The van der Waals surface area contributed by atoms with Gasteiger partial charge in [0.25, 0.3) is 0 Å². The number of rotatable bonds is 1. The van der Waals surface area contributed by atoms with Crippen LogP contribution in [0.2, 0.25) is 0 Å². The van der Waals surface area contributed by atoms with Crippen LogP contribution in [0.3, 0.4) is 0 Å². The number of aliphatic hydroxyl groups is 3. The predicted molar refractivity (Wildman–Crippen MR) is 43.0 cm³/mol. The smallest absolute Gasteiger partial charge is 0.335 e. The van der Waals surface area contributed by atoms with Crippen molar-refractivity contribution in [2.75, 3.05) is 0 Å². The molecular weight excluding hydrogens is 176 g/mol. The highest BCUT2D eigenvalue weighted by Crippen LogP contribution is 2.32. The van der Waals surface area contributed by atoms with Crippen molar-refractivity contribution in [3.63, 3.8) is 0 Å². The number of carboxylic acid groups (broad SMARTS) is 1. The van der Waals surface area contributed by atoms with Crippen molar-refractivity contribution in [1.29, 1.82) is 0 Å². The molecule has 0 amide bonds. The lowest BCUT2D eigenvalue weighted by molar-refractivity contribution is -0.177. The van der Waals surface area contributed by atoms with Crippen LogP contribution in [0.5, 0.6) is 0 Å². The van der Waals surface area contributed by atoms with Crippen LogP contribution in [0, 0.1) is 5.92 Å². The second-order valence-electron chi connectivity index (χ2n) is 3.74. The highest BCUT2D eigenvalue weighted by atomic mass is 16.4. The molecule has 0 aromatic rings. The molecule has 0 aromatic carbocycles. The molecule has 1 fully saturated rings. The Bertz CT molecular complexity index is 203. The van der Waals surface area contributed by atoms with E-state index in [1.807, 2.05) is 0 Å². The minimum absolute atomic E-state index is 0.222. The van der Waals surface area contributed by atoms with Crippen LogP contribution in [-0.4, -0.2) is 44.2 Å². The first kappa shape index (κ1) is 10.4. The van der Waals surface area contributed by atoms with Gasteiger partial charge in [-0.05, 0) is 0 Å². The molecule has 0 aliphatic heterocycles. The molecule has 0 radical (unpaired) electrons. The van der Waals surface area contributed by atoms with Gasteiger partial charge in [-0.1, -0.05) is 6.92 Å². The summed E-state index contributed by atoms with van der Waals surface area (Å²) in [6.45, 7) is 1.62. The highest BCUT2D eigenvalue weighted by Gasteiger charge is 2.47. The van der Waals surface area contributed by atoms with Gasteiger partial charge in [-0.2, -0.15) is 0 Å². The predicted octanol–water partition coefficient (Wildman–Crippen LogP) is -1.05. The van der Waals surface area contributed by atoms with Crippen LogP contribution in [-0.2, 0) is 4.79 Å². The quantitative estimate of drug-likeness (QED) is 0.423. The van der Waals surface area contributed by atoms with Crippen molar-refractivity contribution in [3.05, 3.63) is 0 Å². The van der Waals surface area contributed by atoms with Gasteiger partial charge in [-0.3, -0.25) is 0 Å². The Hall–Kier alpha value is -0.650. The average Bonchev–Trinajstić information content (AvgIpc) is 2.00. The zero-order chi connectivity index (χ0) is 10.2. The molecule has 76 valence electrons. The summed E-state index contributed by atoms with van der Waals surface area (Å²) in [5, 5.41) is 36.8. The van der Waals surface area contributed by atoms with Gasteiger partial charge in [0, 0.05) is 18.8 Å². The summed E-state index contributed by atoms with van der Waals surface area (Å²) in [6.07, 6.45) is -2.38. The number of hydrogen-bond donors (Lipinski definition) is 4. The van der Waals surface area contributed by atoms with Crippen molar-refractivity contribution in [1.82, 2.24) is 0 Å². The van der Waals surface area contributed by atoms with Gasteiger partial charge in [-0.25, -0.2) is 4.79 Å². The van der Waals surface area contributed by atoms with E-state index in [1.54, 1.807) is 6.92 Å². The van der Waals surface area contributed by atoms with E-state index in [1.165, 1.54) is 0 Å². The van der Waals surface area contributed by atoms with Crippen LogP contribution in [0.1, 0.15) is 19.8 Å². The van der Waals surface area contributed by atoms with Crippen LogP contribution in [0.25, 0.3) is 0 Å². The lowest BCUT2D eigenvalue weighted by Gasteiger charge is -2.38. The largest absolute Gasteiger partial charge is 0.479 e. The van der Waals surface area contributed by atoms with Crippen molar-refractivity contribution >= 4 is 5.97 Å². The molecular formula is C8H14O5. The average molecular weight is 190 g/mol.